The van der Waals surface area contributed by atoms with Gasteiger partial charge in [-0.1, -0.05) is 0 Å². The molecule has 1 aliphatic rings. The lowest BCUT2D eigenvalue weighted by Gasteiger charge is -2.26. The van der Waals surface area contributed by atoms with Gasteiger partial charge in [-0.15, -0.1) is 0 Å². The van der Waals surface area contributed by atoms with Gasteiger partial charge in [-0.2, -0.15) is 0 Å². The summed E-state index contributed by atoms with van der Waals surface area (Å²) < 4.78 is 5.26. The van der Waals surface area contributed by atoms with Crippen molar-refractivity contribution in [2.45, 2.75) is 6.42 Å². The summed E-state index contributed by atoms with van der Waals surface area (Å²) in [6.07, 6.45) is 1.07. The number of thiocarbonyl (C=S) groups is 1. The summed E-state index contributed by atoms with van der Waals surface area (Å²) in [6.45, 7) is 5.75. The van der Waals surface area contributed by atoms with E-state index in [4.69, 9.17) is 22.8 Å². The monoisotopic (exact) mass is 218 g/mol. The highest BCUT2D eigenvalue weighted by atomic mass is 32.1. The van der Waals surface area contributed by atoms with Crippen LogP contribution in [0.1, 0.15) is 6.42 Å². The zero-order valence-corrected chi connectivity index (χ0v) is 9.11. The first-order valence-corrected chi connectivity index (χ1v) is 5.28. The molecule has 5 nitrogen and oxygen atoms in total. The Balaban J connectivity index is 1.94. The molecule has 0 unspecified atom stereocenters. The predicted octanol–water partition coefficient (Wildman–Crippen LogP) is -0.953. The van der Waals surface area contributed by atoms with Gasteiger partial charge in [0.1, 0.15) is 0 Å². The van der Waals surface area contributed by atoms with Crippen LogP contribution in [0.5, 0.6) is 0 Å². The summed E-state index contributed by atoms with van der Waals surface area (Å²) >= 11 is 4.84. The van der Waals surface area contributed by atoms with Crippen molar-refractivity contribution in [3.05, 3.63) is 0 Å². The number of nitrogens with zero attached hydrogens (tertiary/aromatic N) is 1. The lowest BCUT2D eigenvalue weighted by atomic mass is 10.3. The maximum absolute atomic E-state index is 5.26. The fourth-order valence-corrected chi connectivity index (χ4v) is 1.48. The van der Waals surface area contributed by atoms with Crippen LogP contribution in [0.4, 0.5) is 0 Å². The molecule has 14 heavy (non-hydrogen) atoms. The summed E-state index contributed by atoms with van der Waals surface area (Å²) in [5.41, 5.74) is 2.39. The zero-order chi connectivity index (χ0) is 10.2. The smallest absolute Gasteiger partial charge is 0.180 e. The number of hydrogen-bond acceptors (Lipinski definition) is 4. The molecule has 0 atom stereocenters. The first kappa shape index (κ1) is 11.6. The maximum atomic E-state index is 5.26. The van der Waals surface area contributed by atoms with E-state index in [1.54, 1.807) is 0 Å². The van der Waals surface area contributed by atoms with Crippen LogP contribution >= 0.6 is 12.2 Å². The number of hydrazine groups is 1. The lowest BCUT2D eigenvalue weighted by Crippen LogP contribution is -2.41. The van der Waals surface area contributed by atoms with E-state index in [9.17, 15) is 0 Å². The van der Waals surface area contributed by atoms with Crippen molar-refractivity contribution in [3.8, 4) is 0 Å². The Kier molecular flexibility index (Phi) is 5.77. The second-order valence-corrected chi connectivity index (χ2v) is 3.62. The first-order valence-electron chi connectivity index (χ1n) is 4.87. The van der Waals surface area contributed by atoms with Crippen molar-refractivity contribution in [2.75, 3.05) is 39.4 Å². The van der Waals surface area contributed by atoms with Gasteiger partial charge in [-0.3, -0.25) is 4.90 Å². The largest absolute Gasteiger partial charge is 0.379 e. The standard InChI is InChI=1S/C8H18N4OS/c9-11-8(14)10-2-1-3-12-4-6-13-7-5-12/h1-7,9H2,(H2,10,11,14). The number of ether oxygens (including phenoxy) is 1. The summed E-state index contributed by atoms with van der Waals surface area (Å²) in [4.78, 5) is 2.39. The van der Waals surface area contributed by atoms with Crippen molar-refractivity contribution in [1.82, 2.24) is 15.6 Å². The van der Waals surface area contributed by atoms with Crippen molar-refractivity contribution in [2.24, 2.45) is 5.84 Å². The number of nitrogens with two attached hydrogens (primary N) is 1. The minimum Gasteiger partial charge on any atom is -0.379 e. The minimum atomic E-state index is 0.506. The molecule has 1 aliphatic heterocycles. The van der Waals surface area contributed by atoms with Gasteiger partial charge in [0.15, 0.2) is 5.11 Å². The van der Waals surface area contributed by atoms with E-state index in [-0.39, 0.29) is 0 Å². The van der Waals surface area contributed by atoms with Gasteiger partial charge in [0.2, 0.25) is 0 Å². The lowest BCUT2D eigenvalue weighted by molar-refractivity contribution is 0.0376. The van der Waals surface area contributed by atoms with E-state index < -0.39 is 0 Å². The molecule has 1 rings (SSSR count). The van der Waals surface area contributed by atoms with Gasteiger partial charge in [0.05, 0.1) is 13.2 Å². The third-order valence-electron chi connectivity index (χ3n) is 2.17. The SMILES string of the molecule is NNC(=S)NCCCN1CCOCC1. The second-order valence-electron chi connectivity index (χ2n) is 3.21. The van der Waals surface area contributed by atoms with Gasteiger partial charge < -0.3 is 15.5 Å². The van der Waals surface area contributed by atoms with E-state index >= 15 is 0 Å². The summed E-state index contributed by atoms with van der Waals surface area (Å²) in [5.74, 6) is 5.12. The van der Waals surface area contributed by atoms with Gasteiger partial charge >= 0.3 is 0 Å². The van der Waals surface area contributed by atoms with Gasteiger partial charge in [-0.05, 0) is 25.2 Å². The van der Waals surface area contributed by atoms with Gasteiger partial charge in [-0.25, -0.2) is 5.84 Å². The topological polar surface area (TPSA) is 62.5 Å². The minimum absolute atomic E-state index is 0.506. The van der Waals surface area contributed by atoms with E-state index in [0.29, 0.717) is 5.11 Å². The fourth-order valence-electron chi connectivity index (χ4n) is 1.38. The normalized spacial score (nSPS) is 17.8. The first-order chi connectivity index (χ1) is 6.83. The molecule has 6 heteroatoms. The quantitative estimate of drug-likeness (QED) is 0.245. The molecule has 0 aromatic rings. The highest BCUT2D eigenvalue weighted by Crippen LogP contribution is 1.96. The van der Waals surface area contributed by atoms with Crippen LogP contribution in [0.3, 0.4) is 0 Å². The van der Waals surface area contributed by atoms with E-state index in [0.717, 1.165) is 45.8 Å². The Morgan fingerprint density at radius 2 is 2.14 bits per heavy atom. The molecule has 0 bridgehead atoms. The Bertz CT molecular complexity index is 173. The molecule has 0 spiro atoms. The molecule has 0 aromatic carbocycles. The Labute approximate surface area is 89.9 Å². The van der Waals surface area contributed by atoms with Gasteiger partial charge in [0.25, 0.3) is 0 Å². The van der Waals surface area contributed by atoms with Crippen molar-refractivity contribution >= 4 is 17.3 Å². The van der Waals surface area contributed by atoms with Crippen molar-refractivity contribution in [3.63, 3.8) is 0 Å². The average molecular weight is 218 g/mol. The molecule has 0 radical (unpaired) electrons. The number of rotatable bonds is 4. The molecular weight excluding hydrogens is 200 g/mol. The van der Waals surface area contributed by atoms with Crippen LogP contribution in [0.15, 0.2) is 0 Å². The van der Waals surface area contributed by atoms with Gasteiger partial charge in [0, 0.05) is 19.6 Å². The molecule has 4 N–H and O–H groups in total. The number of hydrogen-bond donors (Lipinski definition) is 3. The summed E-state index contributed by atoms with van der Waals surface area (Å²) in [7, 11) is 0. The average Bonchev–Trinajstić information content (AvgIpc) is 2.25. The summed E-state index contributed by atoms with van der Waals surface area (Å²) in [5, 5.41) is 3.52. The molecule has 1 fully saturated rings. The molecule has 0 saturated carbocycles. The highest BCUT2D eigenvalue weighted by molar-refractivity contribution is 7.80. The zero-order valence-electron chi connectivity index (χ0n) is 8.29. The Morgan fingerprint density at radius 3 is 2.79 bits per heavy atom. The van der Waals surface area contributed by atoms with Crippen LogP contribution in [-0.2, 0) is 4.74 Å². The second kappa shape index (κ2) is 6.94. The molecule has 0 aliphatic carbocycles. The van der Waals surface area contributed by atoms with Crippen LogP contribution in [-0.4, -0.2) is 49.4 Å². The number of morpholine rings is 1. The molecule has 0 aromatic heterocycles. The fraction of sp³-hybridized carbons (Fsp3) is 0.875. The molecular formula is C8H18N4OS. The Hall–Kier alpha value is -0.430. The van der Waals surface area contributed by atoms with Crippen molar-refractivity contribution < 1.29 is 4.74 Å². The molecule has 1 saturated heterocycles. The third-order valence-corrected chi connectivity index (χ3v) is 2.43. The predicted molar refractivity (Wildman–Crippen MR) is 59.8 cm³/mol. The van der Waals surface area contributed by atoms with E-state index in [1.807, 2.05) is 0 Å². The Morgan fingerprint density at radius 1 is 1.43 bits per heavy atom. The van der Waals surface area contributed by atoms with Crippen LogP contribution in [0.2, 0.25) is 0 Å². The van der Waals surface area contributed by atoms with Crippen LogP contribution in [0.25, 0.3) is 0 Å². The maximum Gasteiger partial charge on any atom is 0.180 e. The van der Waals surface area contributed by atoms with E-state index in [1.165, 1.54) is 0 Å². The van der Waals surface area contributed by atoms with Crippen LogP contribution < -0.4 is 16.6 Å². The molecule has 0 amide bonds. The van der Waals surface area contributed by atoms with E-state index in [2.05, 4.69) is 15.6 Å². The summed E-state index contributed by atoms with van der Waals surface area (Å²) in [6, 6.07) is 0. The van der Waals surface area contributed by atoms with Crippen molar-refractivity contribution in [1.29, 1.82) is 0 Å². The van der Waals surface area contributed by atoms with Crippen LogP contribution in [0, 0.1) is 0 Å². The third kappa shape index (κ3) is 4.71. The highest BCUT2D eigenvalue weighted by Gasteiger charge is 2.08. The molecule has 1 heterocycles. The number of nitrogens with one attached hydrogen (secondary N) is 2. The molecule has 82 valence electrons.